The molecule has 0 aliphatic carbocycles. The quantitative estimate of drug-likeness (QED) is 0.328. The van der Waals surface area contributed by atoms with Crippen LogP contribution < -0.4 is 24.8 Å². The maximum atomic E-state index is 13.8. The van der Waals surface area contributed by atoms with E-state index in [2.05, 4.69) is 15.6 Å². The number of methoxy groups -OCH3 is 3. The number of hydrogen-bond acceptors (Lipinski definition) is 8. The van der Waals surface area contributed by atoms with E-state index < -0.39 is 6.04 Å². The summed E-state index contributed by atoms with van der Waals surface area (Å²) in [6.45, 7) is 1.82. The number of rotatable bonds is 7. The number of nitrogens with zero attached hydrogens (tertiary/aromatic N) is 3. The number of carbonyl (C=O) groups excluding carboxylic acids is 1. The van der Waals surface area contributed by atoms with Crippen LogP contribution in [0.15, 0.2) is 78.0 Å². The van der Waals surface area contributed by atoms with Gasteiger partial charge in [0.05, 0.1) is 32.6 Å². The molecule has 1 aliphatic heterocycles. The van der Waals surface area contributed by atoms with Crippen LogP contribution in [0.25, 0.3) is 11.4 Å². The summed E-state index contributed by atoms with van der Waals surface area (Å²) < 4.78 is 18.1. The minimum Gasteiger partial charge on any atom is -0.508 e. The maximum absolute atomic E-state index is 13.8. The Bertz CT molecular complexity index is 1530. The minimum atomic E-state index is -0.640. The first kappa shape index (κ1) is 24.7. The molecule has 2 heterocycles. The standard InChI is InChI=1S/C28H27N5O5/c1-16-24(27(35)30-20-7-5-6-8-21(20)36-2)25(18-11-14-22(37-3)23(15-18)38-4)33-28(29-16)31-26(32-33)17-9-12-19(34)13-10-17/h5-15,25,34H,1-4H3,(H,30,35)(H,29,31,32). The summed E-state index contributed by atoms with van der Waals surface area (Å²) in [6.07, 6.45) is 0. The predicted octanol–water partition coefficient (Wildman–Crippen LogP) is 4.60. The van der Waals surface area contributed by atoms with Gasteiger partial charge in [-0.3, -0.25) is 4.79 Å². The van der Waals surface area contributed by atoms with Crippen molar-refractivity contribution in [2.45, 2.75) is 13.0 Å². The first-order valence-electron chi connectivity index (χ1n) is 11.8. The second kappa shape index (κ2) is 10.2. The number of hydrogen-bond donors (Lipinski definition) is 3. The number of allylic oxidation sites excluding steroid dienone is 1. The zero-order valence-corrected chi connectivity index (χ0v) is 21.4. The first-order chi connectivity index (χ1) is 18.4. The number of carbonyl (C=O) groups is 1. The van der Waals surface area contributed by atoms with Crippen molar-refractivity contribution in [1.82, 2.24) is 14.8 Å². The molecule has 1 unspecified atom stereocenters. The van der Waals surface area contributed by atoms with Crippen molar-refractivity contribution in [3.63, 3.8) is 0 Å². The maximum Gasteiger partial charge on any atom is 0.255 e. The predicted molar refractivity (Wildman–Crippen MR) is 143 cm³/mol. The molecule has 3 aromatic carbocycles. The van der Waals surface area contributed by atoms with Gasteiger partial charge in [-0.1, -0.05) is 18.2 Å². The van der Waals surface area contributed by atoms with E-state index >= 15 is 0 Å². The van der Waals surface area contributed by atoms with Gasteiger partial charge >= 0.3 is 0 Å². The lowest BCUT2D eigenvalue weighted by molar-refractivity contribution is -0.113. The van der Waals surface area contributed by atoms with Crippen LogP contribution >= 0.6 is 0 Å². The normalized spacial score (nSPS) is 14.4. The second-order valence-electron chi connectivity index (χ2n) is 8.59. The van der Waals surface area contributed by atoms with E-state index in [1.165, 1.54) is 0 Å². The number of nitrogens with one attached hydrogen (secondary N) is 2. The molecule has 10 nitrogen and oxygen atoms in total. The average molecular weight is 514 g/mol. The highest BCUT2D eigenvalue weighted by atomic mass is 16.5. The fraction of sp³-hybridized carbons (Fsp3) is 0.179. The van der Waals surface area contributed by atoms with Crippen LogP contribution in [0, 0.1) is 0 Å². The number of phenols is 1. The molecule has 194 valence electrons. The minimum absolute atomic E-state index is 0.145. The highest BCUT2D eigenvalue weighted by molar-refractivity contribution is 6.06. The van der Waals surface area contributed by atoms with E-state index in [1.807, 2.05) is 31.2 Å². The molecule has 0 fully saturated rings. The number of para-hydroxylation sites is 2. The fourth-order valence-corrected chi connectivity index (χ4v) is 4.45. The second-order valence-corrected chi connectivity index (χ2v) is 8.59. The molecular weight excluding hydrogens is 486 g/mol. The fourth-order valence-electron chi connectivity index (χ4n) is 4.45. The number of phenolic OH excluding ortho intramolecular Hbond substituents is 1. The van der Waals surface area contributed by atoms with Gasteiger partial charge in [-0.15, -0.1) is 5.10 Å². The van der Waals surface area contributed by atoms with Crippen molar-refractivity contribution in [2.24, 2.45) is 0 Å². The zero-order valence-electron chi connectivity index (χ0n) is 21.4. The third-order valence-corrected chi connectivity index (χ3v) is 6.30. The van der Waals surface area contributed by atoms with Crippen LogP contribution in [0.4, 0.5) is 11.6 Å². The molecular formula is C28H27N5O5. The Morgan fingerprint density at radius 3 is 2.37 bits per heavy atom. The number of ether oxygens (including phenoxy) is 3. The number of anilines is 2. The van der Waals surface area contributed by atoms with Crippen LogP contribution in [0.1, 0.15) is 18.5 Å². The van der Waals surface area contributed by atoms with Crippen LogP contribution in [-0.4, -0.2) is 47.1 Å². The van der Waals surface area contributed by atoms with Crippen LogP contribution in [0.3, 0.4) is 0 Å². The summed E-state index contributed by atoms with van der Waals surface area (Å²) in [6, 6.07) is 18.7. The molecule has 10 heteroatoms. The topological polar surface area (TPSA) is 120 Å². The summed E-state index contributed by atoms with van der Waals surface area (Å²) in [7, 11) is 4.68. The number of aromatic nitrogens is 3. The van der Waals surface area contributed by atoms with E-state index in [0.717, 1.165) is 11.1 Å². The van der Waals surface area contributed by atoms with Crippen molar-refractivity contribution in [3.05, 3.63) is 83.6 Å². The first-order valence-corrected chi connectivity index (χ1v) is 11.8. The van der Waals surface area contributed by atoms with Gasteiger partial charge in [0, 0.05) is 11.3 Å². The summed E-state index contributed by atoms with van der Waals surface area (Å²) in [5.74, 6) is 2.36. The lowest BCUT2D eigenvalue weighted by atomic mass is 9.94. The van der Waals surface area contributed by atoms with Crippen molar-refractivity contribution in [3.8, 4) is 34.4 Å². The Hall–Kier alpha value is -4.99. The number of amides is 1. The molecule has 0 saturated heterocycles. The Kier molecular flexibility index (Phi) is 6.61. The van der Waals surface area contributed by atoms with Gasteiger partial charge in [0.2, 0.25) is 5.95 Å². The van der Waals surface area contributed by atoms with E-state index in [1.54, 1.807) is 68.5 Å². The van der Waals surface area contributed by atoms with Gasteiger partial charge in [0.1, 0.15) is 17.5 Å². The van der Waals surface area contributed by atoms with Crippen LogP contribution in [0.2, 0.25) is 0 Å². The molecule has 38 heavy (non-hydrogen) atoms. The molecule has 0 saturated carbocycles. The van der Waals surface area contributed by atoms with Crippen LogP contribution in [-0.2, 0) is 4.79 Å². The number of aromatic hydroxyl groups is 1. The smallest absolute Gasteiger partial charge is 0.255 e. The molecule has 4 aromatic rings. The Morgan fingerprint density at radius 1 is 0.947 bits per heavy atom. The van der Waals surface area contributed by atoms with Gasteiger partial charge in [-0.05, 0) is 61.0 Å². The average Bonchev–Trinajstić information content (AvgIpc) is 3.36. The lowest BCUT2D eigenvalue weighted by Gasteiger charge is -2.29. The van der Waals surface area contributed by atoms with E-state index in [4.69, 9.17) is 19.3 Å². The van der Waals surface area contributed by atoms with Gasteiger partial charge in [0.25, 0.3) is 5.91 Å². The third kappa shape index (κ3) is 4.47. The Labute approximate surface area is 219 Å². The van der Waals surface area contributed by atoms with E-state index in [0.29, 0.717) is 46.0 Å². The molecule has 5 rings (SSSR count). The summed E-state index contributed by atoms with van der Waals surface area (Å²) >= 11 is 0. The van der Waals surface area contributed by atoms with Crippen molar-refractivity contribution in [2.75, 3.05) is 32.0 Å². The molecule has 0 bridgehead atoms. The lowest BCUT2D eigenvalue weighted by Crippen LogP contribution is -2.31. The molecule has 3 N–H and O–H groups in total. The number of fused-ring (bicyclic) bond motifs is 1. The van der Waals surface area contributed by atoms with Gasteiger partial charge in [0.15, 0.2) is 17.3 Å². The summed E-state index contributed by atoms with van der Waals surface area (Å²) in [5.41, 5.74) is 3.07. The summed E-state index contributed by atoms with van der Waals surface area (Å²) in [4.78, 5) is 18.5. The Morgan fingerprint density at radius 2 is 1.66 bits per heavy atom. The monoisotopic (exact) mass is 513 g/mol. The largest absolute Gasteiger partial charge is 0.508 e. The SMILES string of the molecule is COc1ccccc1NC(=O)C1=C(C)Nc2nc(-c3ccc(O)cc3)nn2C1c1ccc(OC)c(OC)c1. The molecule has 1 aromatic heterocycles. The van der Waals surface area contributed by atoms with Crippen molar-refractivity contribution < 1.29 is 24.1 Å². The van der Waals surface area contributed by atoms with Gasteiger partial charge in [-0.25, -0.2) is 4.68 Å². The van der Waals surface area contributed by atoms with Crippen LogP contribution in [0.5, 0.6) is 23.0 Å². The summed E-state index contributed by atoms with van der Waals surface area (Å²) in [5, 5.41) is 20.7. The van der Waals surface area contributed by atoms with E-state index in [-0.39, 0.29) is 11.7 Å². The molecule has 0 radical (unpaired) electrons. The van der Waals surface area contributed by atoms with Crippen molar-refractivity contribution in [1.29, 1.82) is 0 Å². The highest BCUT2D eigenvalue weighted by Gasteiger charge is 2.35. The zero-order chi connectivity index (χ0) is 26.8. The van der Waals surface area contributed by atoms with Gasteiger partial charge in [-0.2, -0.15) is 4.98 Å². The molecule has 1 amide bonds. The molecule has 1 aliphatic rings. The number of benzene rings is 3. The van der Waals surface area contributed by atoms with E-state index in [9.17, 15) is 9.90 Å². The molecule has 0 spiro atoms. The Balaban J connectivity index is 1.63. The highest BCUT2D eigenvalue weighted by Crippen LogP contribution is 2.40. The molecule has 1 atom stereocenters. The van der Waals surface area contributed by atoms with Gasteiger partial charge < -0.3 is 30.0 Å². The van der Waals surface area contributed by atoms with Crippen molar-refractivity contribution >= 4 is 17.5 Å². The third-order valence-electron chi connectivity index (χ3n) is 6.30.